The second-order valence-electron chi connectivity index (χ2n) is 6.90. The van der Waals surface area contributed by atoms with Crippen LogP contribution >= 0.6 is 0 Å². The Bertz CT molecular complexity index is 1300. The van der Waals surface area contributed by atoms with E-state index in [2.05, 4.69) is 9.71 Å². The highest BCUT2D eigenvalue weighted by Crippen LogP contribution is 2.34. The number of nitrogens with zero attached hydrogens (tertiary/aromatic N) is 2. The Labute approximate surface area is 174 Å². The smallest absolute Gasteiger partial charge is 0.262 e. The number of aromatic nitrogens is 2. The normalized spacial score (nSPS) is 13.7. The lowest BCUT2D eigenvalue weighted by Gasteiger charge is -2.13. The topological polar surface area (TPSA) is 81.9 Å². The van der Waals surface area contributed by atoms with Crippen LogP contribution in [0.25, 0.3) is 16.9 Å². The van der Waals surface area contributed by atoms with Crippen molar-refractivity contribution >= 4 is 21.4 Å². The van der Waals surface area contributed by atoms with Gasteiger partial charge in [0.15, 0.2) is 11.5 Å². The Morgan fingerprint density at radius 1 is 0.933 bits per heavy atom. The average molecular weight is 421 g/mol. The Kier molecular flexibility index (Phi) is 4.55. The van der Waals surface area contributed by atoms with E-state index in [0.717, 1.165) is 12.1 Å². The van der Waals surface area contributed by atoms with Crippen molar-refractivity contribution in [3.63, 3.8) is 0 Å². The van der Waals surface area contributed by atoms with Crippen LogP contribution in [0.3, 0.4) is 0 Å². The van der Waals surface area contributed by atoms with E-state index in [0.29, 0.717) is 41.7 Å². The maximum absolute atomic E-state index is 13.1. The number of nitrogens with one attached hydrogen (secondary N) is 1. The summed E-state index contributed by atoms with van der Waals surface area (Å²) in [6.07, 6.45) is 4.52. The minimum Gasteiger partial charge on any atom is -0.490 e. The van der Waals surface area contributed by atoms with Gasteiger partial charge >= 0.3 is 0 Å². The molecule has 0 saturated heterocycles. The number of fused-ring (bicyclic) bond motifs is 2. The molecule has 0 atom stereocenters. The van der Waals surface area contributed by atoms with Crippen molar-refractivity contribution in [1.29, 1.82) is 0 Å². The summed E-state index contributed by atoms with van der Waals surface area (Å²) in [5.74, 6) is 0.987. The van der Waals surface area contributed by atoms with Gasteiger partial charge in [-0.2, -0.15) is 0 Å². The van der Waals surface area contributed by atoms with Crippen molar-refractivity contribution in [2.75, 3.05) is 17.9 Å². The van der Waals surface area contributed by atoms with E-state index in [-0.39, 0.29) is 4.90 Å². The summed E-state index contributed by atoms with van der Waals surface area (Å²) < 4.78 is 42.0. The summed E-state index contributed by atoms with van der Waals surface area (Å²) in [7, 11) is -3.84. The molecule has 0 saturated carbocycles. The zero-order valence-electron chi connectivity index (χ0n) is 16.0. The zero-order valence-corrected chi connectivity index (χ0v) is 16.8. The van der Waals surface area contributed by atoms with E-state index in [1.54, 1.807) is 18.2 Å². The van der Waals surface area contributed by atoms with E-state index in [1.807, 2.05) is 47.1 Å². The molecule has 30 heavy (non-hydrogen) atoms. The molecule has 4 aromatic rings. The summed E-state index contributed by atoms with van der Waals surface area (Å²) >= 11 is 0. The van der Waals surface area contributed by atoms with Crippen LogP contribution in [0.4, 0.5) is 5.69 Å². The molecule has 0 radical (unpaired) electrons. The van der Waals surface area contributed by atoms with Crippen molar-refractivity contribution < 1.29 is 17.9 Å². The fourth-order valence-electron chi connectivity index (χ4n) is 3.37. The van der Waals surface area contributed by atoms with Crippen molar-refractivity contribution in [2.24, 2.45) is 0 Å². The number of pyridine rings is 1. The Morgan fingerprint density at radius 2 is 1.73 bits per heavy atom. The second-order valence-corrected chi connectivity index (χ2v) is 8.58. The van der Waals surface area contributed by atoms with Crippen molar-refractivity contribution in [3.05, 3.63) is 73.1 Å². The van der Waals surface area contributed by atoms with Crippen molar-refractivity contribution in [2.45, 2.75) is 11.3 Å². The first-order chi connectivity index (χ1) is 14.6. The van der Waals surface area contributed by atoms with Gasteiger partial charge in [-0.25, -0.2) is 13.4 Å². The van der Waals surface area contributed by atoms with E-state index >= 15 is 0 Å². The van der Waals surface area contributed by atoms with Gasteiger partial charge in [0.25, 0.3) is 10.0 Å². The number of rotatable bonds is 4. The molecule has 1 aliphatic heterocycles. The van der Waals surface area contributed by atoms with Gasteiger partial charge in [-0.3, -0.25) is 4.72 Å². The van der Waals surface area contributed by atoms with Gasteiger partial charge in [-0.05, 0) is 30.3 Å². The minimum absolute atomic E-state index is 0.108. The van der Waals surface area contributed by atoms with Gasteiger partial charge in [0.1, 0.15) is 5.65 Å². The largest absolute Gasteiger partial charge is 0.490 e. The molecule has 0 aliphatic carbocycles. The maximum atomic E-state index is 13.1. The molecule has 1 aliphatic rings. The molecule has 2 aromatic heterocycles. The molecule has 5 rings (SSSR count). The molecular weight excluding hydrogens is 402 g/mol. The van der Waals surface area contributed by atoms with Crippen LogP contribution in [-0.4, -0.2) is 31.0 Å². The monoisotopic (exact) mass is 421 g/mol. The lowest BCUT2D eigenvalue weighted by Crippen LogP contribution is -2.14. The fraction of sp³-hybridized carbons (Fsp3) is 0.136. The van der Waals surface area contributed by atoms with Gasteiger partial charge < -0.3 is 13.9 Å². The van der Waals surface area contributed by atoms with Crippen LogP contribution in [-0.2, 0) is 10.0 Å². The number of imidazole rings is 1. The highest BCUT2D eigenvalue weighted by Gasteiger charge is 2.21. The van der Waals surface area contributed by atoms with Gasteiger partial charge in [-0.15, -0.1) is 0 Å². The number of benzene rings is 2. The molecule has 0 amide bonds. The third kappa shape index (κ3) is 3.46. The third-order valence-electron chi connectivity index (χ3n) is 4.84. The Hall–Kier alpha value is -3.52. The lowest BCUT2D eigenvalue weighted by molar-refractivity contribution is 0.297. The van der Waals surface area contributed by atoms with Crippen molar-refractivity contribution in [1.82, 2.24) is 9.38 Å². The number of sulfonamides is 1. The first kappa shape index (κ1) is 18.5. The number of hydrogen-bond acceptors (Lipinski definition) is 5. The van der Waals surface area contributed by atoms with Crippen LogP contribution in [0.1, 0.15) is 6.42 Å². The third-order valence-corrected chi connectivity index (χ3v) is 6.20. The van der Waals surface area contributed by atoms with Crippen molar-refractivity contribution in [3.8, 4) is 22.8 Å². The lowest BCUT2D eigenvalue weighted by atomic mass is 10.1. The van der Waals surface area contributed by atoms with Gasteiger partial charge in [0.05, 0.1) is 29.5 Å². The summed E-state index contributed by atoms with van der Waals surface area (Å²) in [5, 5.41) is 0. The molecule has 0 unspecified atom stereocenters. The van der Waals surface area contributed by atoms with Gasteiger partial charge in [-0.1, -0.05) is 24.3 Å². The van der Waals surface area contributed by atoms with Crippen LogP contribution < -0.4 is 14.2 Å². The number of anilines is 1. The van der Waals surface area contributed by atoms with E-state index in [9.17, 15) is 8.42 Å². The molecule has 1 N–H and O–H groups in total. The van der Waals surface area contributed by atoms with Gasteiger partial charge in [0.2, 0.25) is 0 Å². The van der Waals surface area contributed by atoms with Crippen LogP contribution in [0.15, 0.2) is 78.0 Å². The Morgan fingerprint density at radius 3 is 2.60 bits per heavy atom. The number of ether oxygens (including phenoxy) is 2. The molecule has 8 heteroatoms. The minimum atomic E-state index is -3.84. The van der Waals surface area contributed by atoms with Crippen LogP contribution in [0.5, 0.6) is 11.5 Å². The molecule has 2 aromatic carbocycles. The molecule has 0 spiro atoms. The number of hydrogen-bond donors (Lipinski definition) is 1. The van der Waals surface area contributed by atoms with E-state index in [4.69, 9.17) is 9.47 Å². The first-order valence-corrected chi connectivity index (χ1v) is 11.0. The Balaban J connectivity index is 1.51. The molecular formula is C22H19N3O4S. The van der Waals surface area contributed by atoms with Gasteiger partial charge in [0, 0.05) is 30.4 Å². The summed E-state index contributed by atoms with van der Waals surface area (Å²) in [4.78, 5) is 4.71. The molecule has 0 fully saturated rings. The molecule has 3 heterocycles. The molecule has 7 nitrogen and oxygen atoms in total. The van der Waals surface area contributed by atoms with Crippen LogP contribution in [0, 0.1) is 0 Å². The first-order valence-electron chi connectivity index (χ1n) is 9.56. The van der Waals surface area contributed by atoms with E-state index in [1.165, 1.54) is 12.1 Å². The van der Waals surface area contributed by atoms with E-state index < -0.39 is 10.0 Å². The standard InChI is InChI=1S/C22H19N3O4S/c26-30(27,16-9-10-20-21(14-16)29-13-5-12-28-20)24-18-7-2-1-6-17(18)19-15-25-11-4-3-8-22(25)23-19/h1-4,6-11,14-15,24H,5,12-13H2. The molecule has 0 bridgehead atoms. The zero-order chi connectivity index (χ0) is 20.6. The number of para-hydroxylation sites is 1. The highest BCUT2D eigenvalue weighted by atomic mass is 32.2. The molecule has 152 valence electrons. The predicted molar refractivity (Wildman–Crippen MR) is 113 cm³/mol. The summed E-state index contributed by atoms with van der Waals surface area (Å²) in [6, 6.07) is 17.6. The quantitative estimate of drug-likeness (QED) is 0.539. The van der Waals surface area contributed by atoms with Crippen LogP contribution in [0.2, 0.25) is 0 Å². The average Bonchev–Trinajstić information content (AvgIpc) is 3.04. The summed E-state index contributed by atoms with van der Waals surface area (Å²) in [6.45, 7) is 1.03. The summed E-state index contributed by atoms with van der Waals surface area (Å²) in [5.41, 5.74) is 2.61. The SMILES string of the molecule is O=S(=O)(Nc1ccccc1-c1cn2ccccc2n1)c1ccc2c(c1)OCCCO2. The maximum Gasteiger partial charge on any atom is 0.262 e. The predicted octanol–water partition coefficient (Wildman–Crippen LogP) is 3.96. The second kappa shape index (κ2) is 7.38. The fourth-order valence-corrected chi connectivity index (χ4v) is 4.47. The highest BCUT2D eigenvalue weighted by molar-refractivity contribution is 7.92.